The molecule has 0 atom stereocenters. The first kappa shape index (κ1) is 12.4. The summed E-state index contributed by atoms with van der Waals surface area (Å²) in [4.78, 5) is 11.8. The molecule has 2 N–H and O–H groups in total. The highest BCUT2D eigenvalue weighted by Crippen LogP contribution is 2.19. The van der Waals surface area contributed by atoms with Crippen LogP contribution in [0.5, 0.6) is 0 Å². The molecule has 0 unspecified atom stereocenters. The number of carbonyl (C=O) groups is 1. The molecule has 1 aromatic carbocycles. The average molecular weight is 263 g/mol. The third-order valence-electron chi connectivity index (χ3n) is 2.39. The molecule has 0 aliphatic rings. The standard InChI is InChI=1S/C13H12ClN3O/c1-10-5-6-11(14)9-12(10)15-13(18)16-17-7-3-2-4-8-17/h2-9H,1H3,(H-,15,16,18)/p+1. The molecule has 18 heavy (non-hydrogen) atoms. The Bertz CT molecular complexity index is 557. The first-order valence-electron chi connectivity index (χ1n) is 5.45. The fourth-order valence-electron chi connectivity index (χ4n) is 1.47. The number of nitrogens with one attached hydrogen (secondary N) is 2. The predicted octanol–water partition coefficient (Wildman–Crippen LogP) is 2.71. The Labute approximate surface area is 110 Å². The molecule has 0 aliphatic heterocycles. The molecule has 5 heteroatoms. The minimum absolute atomic E-state index is 0.323. The molecule has 92 valence electrons. The number of pyridine rings is 1. The monoisotopic (exact) mass is 262 g/mol. The van der Waals surface area contributed by atoms with E-state index in [1.165, 1.54) is 0 Å². The van der Waals surface area contributed by atoms with Crippen LogP contribution in [0.1, 0.15) is 5.56 Å². The van der Waals surface area contributed by atoms with Crippen molar-refractivity contribution in [3.63, 3.8) is 0 Å². The maximum atomic E-state index is 11.8. The van der Waals surface area contributed by atoms with E-state index in [2.05, 4.69) is 10.7 Å². The summed E-state index contributed by atoms with van der Waals surface area (Å²) in [5.74, 6) is 0. The van der Waals surface area contributed by atoms with E-state index in [0.29, 0.717) is 10.7 Å². The molecule has 4 nitrogen and oxygen atoms in total. The number of aromatic nitrogens is 1. The average Bonchev–Trinajstić information content (AvgIpc) is 2.35. The van der Waals surface area contributed by atoms with Crippen molar-refractivity contribution in [3.8, 4) is 0 Å². The summed E-state index contributed by atoms with van der Waals surface area (Å²) in [7, 11) is 0. The molecule has 1 heterocycles. The Morgan fingerprint density at radius 1 is 1.22 bits per heavy atom. The van der Waals surface area contributed by atoms with Crippen molar-refractivity contribution in [1.82, 2.24) is 0 Å². The number of hydrogen-bond acceptors (Lipinski definition) is 1. The van der Waals surface area contributed by atoms with Crippen molar-refractivity contribution >= 4 is 23.3 Å². The largest absolute Gasteiger partial charge is 0.372 e. The quantitative estimate of drug-likeness (QED) is 0.803. The Morgan fingerprint density at radius 3 is 2.67 bits per heavy atom. The van der Waals surface area contributed by atoms with Crippen LogP contribution in [0, 0.1) is 6.92 Å². The lowest BCUT2D eigenvalue weighted by molar-refractivity contribution is -0.641. The van der Waals surface area contributed by atoms with E-state index in [0.717, 1.165) is 5.56 Å². The van der Waals surface area contributed by atoms with Gasteiger partial charge in [0.15, 0.2) is 12.4 Å². The highest BCUT2D eigenvalue weighted by molar-refractivity contribution is 6.31. The van der Waals surface area contributed by atoms with Crippen LogP contribution in [0.4, 0.5) is 10.5 Å². The minimum Gasteiger partial charge on any atom is -0.303 e. The molecule has 0 radical (unpaired) electrons. The van der Waals surface area contributed by atoms with Gasteiger partial charge in [0.1, 0.15) is 0 Å². The van der Waals surface area contributed by atoms with Crippen LogP contribution < -0.4 is 15.4 Å². The second kappa shape index (κ2) is 5.51. The fourth-order valence-corrected chi connectivity index (χ4v) is 1.64. The van der Waals surface area contributed by atoms with Gasteiger partial charge in [-0.05, 0) is 24.6 Å². The van der Waals surface area contributed by atoms with Gasteiger partial charge in [0, 0.05) is 22.8 Å². The van der Waals surface area contributed by atoms with Gasteiger partial charge in [-0.1, -0.05) is 28.4 Å². The Balaban J connectivity index is 2.05. The number of aryl methyl sites for hydroxylation is 1. The van der Waals surface area contributed by atoms with E-state index < -0.39 is 0 Å². The zero-order valence-electron chi connectivity index (χ0n) is 9.85. The van der Waals surface area contributed by atoms with Crippen LogP contribution in [0.3, 0.4) is 0 Å². The van der Waals surface area contributed by atoms with Crippen molar-refractivity contribution in [2.24, 2.45) is 0 Å². The summed E-state index contributed by atoms with van der Waals surface area (Å²) in [5.41, 5.74) is 4.30. The van der Waals surface area contributed by atoms with E-state index in [4.69, 9.17) is 11.6 Å². The number of hydrogen-bond donors (Lipinski definition) is 2. The van der Waals surface area contributed by atoms with Gasteiger partial charge in [-0.2, -0.15) is 0 Å². The van der Waals surface area contributed by atoms with Gasteiger partial charge >= 0.3 is 6.03 Å². The minimum atomic E-state index is -0.323. The molecule has 0 bridgehead atoms. The molecule has 2 amide bonds. The summed E-state index contributed by atoms with van der Waals surface area (Å²) in [5, 5.41) is 3.33. The summed E-state index contributed by atoms with van der Waals surface area (Å²) >= 11 is 5.88. The van der Waals surface area contributed by atoms with E-state index in [1.807, 2.05) is 31.2 Å². The van der Waals surface area contributed by atoms with Crippen LogP contribution in [0.2, 0.25) is 5.02 Å². The molecule has 0 spiro atoms. The smallest absolute Gasteiger partial charge is 0.303 e. The van der Waals surface area contributed by atoms with Crippen LogP contribution in [-0.4, -0.2) is 6.03 Å². The molecule has 0 aliphatic carbocycles. The molecular formula is C13H13ClN3O+. The second-order valence-corrected chi connectivity index (χ2v) is 4.24. The summed E-state index contributed by atoms with van der Waals surface area (Å²) in [6.07, 6.45) is 3.48. The second-order valence-electron chi connectivity index (χ2n) is 3.81. The molecule has 2 rings (SSSR count). The lowest BCUT2D eigenvalue weighted by Crippen LogP contribution is -2.49. The maximum Gasteiger partial charge on any atom is 0.372 e. The van der Waals surface area contributed by atoms with Crippen molar-refractivity contribution < 1.29 is 9.47 Å². The molecular weight excluding hydrogens is 250 g/mol. The Morgan fingerprint density at radius 2 is 1.94 bits per heavy atom. The number of carbonyl (C=O) groups excluding carboxylic acids is 1. The summed E-state index contributed by atoms with van der Waals surface area (Å²) < 4.78 is 1.56. The van der Waals surface area contributed by atoms with Crippen molar-refractivity contribution in [2.45, 2.75) is 6.92 Å². The third-order valence-corrected chi connectivity index (χ3v) is 2.63. The molecule has 0 saturated carbocycles. The molecule has 0 fully saturated rings. The lowest BCUT2D eigenvalue weighted by atomic mass is 10.2. The first-order valence-corrected chi connectivity index (χ1v) is 5.83. The summed E-state index contributed by atoms with van der Waals surface area (Å²) in [6, 6.07) is 10.6. The van der Waals surface area contributed by atoms with Gasteiger partial charge in [0.05, 0.1) is 0 Å². The number of anilines is 1. The predicted molar refractivity (Wildman–Crippen MR) is 71.2 cm³/mol. The zero-order valence-corrected chi connectivity index (χ0v) is 10.6. The van der Waals surface area contributed by atoms with Crippen LogP contribution in [0.15, 0.2) is 48.8 Å². The SMILES string of the molecule is Cc1ccc(Cl)cc1NC(=O)N[n+]1ccccc1. The number of rotatable bonds is 2. The van der Waals surface area contributed by atoms with E-state index >= 15 is 0 Å². The molecule has 2 aromatic rings. The normalized spacial score (nSPS) is 9.89. The van der Waals surface area contributed by atoms with Gasteiger partial charge in [-0.25, -0.2) is 4.79 Å². The van der Waals surface area contributed by atoms with E-state index in [9.17, 15) is 4.79 Å². The third kappa shape index (κ3) is 3.21. The fraction of sp³-hybridized carbons (Fsp3) is 0.0769. The van der Waals surface area contributed by atoms with Crippen molar-refractivity contribution in [3.05, 3.63) is 59.4 Å². The van der Waals surface area contributed by atoms with Gasteiger partial charge in [-0.3, -0.25) is 0 Å². The van der Waals surface area contributed by atoms with E-state index in [1.54, 1.807) is 29.2 Å². The number of nitrogens with zero attached hydrogens (tertiary/aromatic N) is 1. The van der Waals surface area contributed by atoms with Crippen LogP contribution in [-0.2, 0) is 0 Å². The van der Waals surface area contributed by atoms with Gasteiger partial charge in [0.2, 0.25) is 0 Å². The molecule has 1 aromatic heterocycles. The van der Waals surface area contributed by atoms with Crippen LogP contribution in [0.25, 0.3) is 0 Å². The topological polar surface area (TPSA) is 45.0 Å². The number of amides is 2. The van der Waals surface area contributed by atoms with Crippen molar-refractivity contribution in [2.75, 3.05) is 10.7 Å². The number of halogens is 1. The maximum absolute atomic E-state index is 11.8. The number of benzene rings is 1. The van der Waals surface area contributed by atoms with Crippen molar-refractivity contribution in [1.29, 1.82) is 0 Å². The van der Waals surface area contributed by atoms with Gasteiger partial charge < -0.3 is 5.32 Å². The molecule has 0 saturated heterocycles. The zero-order chi connectivity index (χ0) is 13.0. The Kier molecular flexibility index (Phi) is 3.79. The number of urea groups is 1. The first-order chi connectivity index (χ1) is 8.65. The lowest BCUT2D eigenvalue weighted by Gasteiger charge is -2.07. The van der Waals surface area contributed by atoms with Crippen LogP contribution >= 0.6 is 11.6 Å². The highest BCUT2D eigenvalue weighted by Gasteiger charge is 2.08. The Hall–Kier alpha value is -2.07. The van der Waals surface area contributed by atoms with Gasteiger partial charge in [0.25, 0.3) is 0 Å². The summed E-state index contributed by atoms with van der Waals surface area (Å²) in [6.45, 7) is 1.90. The highest BCUT2D eigenvalue weighted by atomic mass is 35.5. The van der Waals surface area contributed by atoms with E-state index in [-0.39, 0.29) is 6.03 Å². The van der Waals surface area contributed by atoms with Gasteiger partial charge in [-0.15, -0.1) is 5.43 Å².